The van der Waals surface area contributed by atoms with Crippen molar-refractivity contribution in [2.45, 2.75) is 16.7 Å². The second kappa shape index (κ2) is 7.05. The Morgan fingerprint density at radius 2 is 1.58 bits per heavy atom. The normalized spacial score (nSPS) is 14.4. The van der Waals surface area contributed by atoms with E-state index < -0.39 is 38.8 Å². The summed E-state index contributed by atoms with van der Waals surface area (Å²) in [4.78, 5) is 22.4. The quantitative estimate of drug-likeness (QED) is 0.585. The highest BCUT2D eigenvalue weighted by Crippen LogP contribution is 2.31. The van der Waals surface area contributed by atoms with Crippen molar-refractivity contribution in [1.29, 1.82) is 0 Å². The van der Waals surface area contributed by atoms with Gasteiger partial charge in [-0.25, -0.2) is 18.0 Å². The number of sulfonamides is 1. The highest BCUT2D eigenvalue weighted by atomic mass is 32.2. The van der Waals surface area contributed by atoms with E-state index in [0.29, 0.717) is 7.11 Å². The Kier molecular flexibility index (Phi) is 5.79. The van der Waals surface area contributed by atoms with Gasteiger partial charge in [0.1, 0.15) is 0 Å². The molecule has 1 amide bonds. The number of hydrogen-bond donors (Lipinski definition) is 2. The van der Waals surface area contributed by atoms with E-state index in [1.165, 1.54) is 18.2 Å². The molecule has 0 saturated heterocycles. The van der Waals surface area contributed by atoms with E-state index in [2.05, 4.69) is 9.47 Å². The molecule has 0 aromatic heterocycles. The maximum atomic E-state index is 13.5. The number of alkyl halides is 3. The van der Waals surface area contributed by atoms with E-state index >= 15 is 0 Å². The molecule has 134 valence electrons. The third-order valence-corrected chi connectivity index (χ3v) is 4.20. The van der Waals surface area contributed by atoms with Crippen molar-refractivity contribution in [3.63, 3.8) is 0 Å². The van der Waals surface area contributed by atoms with Gasteiger partial charge in [0.15, 0.2) is 0 Å². The van der Waals surface area contributed by atoms with Crippen LogP contribution in [0.25, 0.3) is 0 Å². The first-order chi connectivity index (χ1) is 11.0. The van der Waals surface area contributed by atoms with Gasteiger partial charge in [-0.3, -0.25) is 5.32 Å². The van der Waals surface area contributed by atoms with Crippen LogP contribution in [0.15, 0.2) is 35.2 Å². The van der Waals surface area contributed by atoms with Gasteiger partial charge >= 0.3 is 23.9 Å². The lowest BCUT2D eigenvalue weighted by molar-refractivity contribution is -0.213. The molecular formula is C12H13F3N2O6S. The molecule has 0 aliphatic rings. The van der Waals surface area contributed by atoms with Gasteiger partial charge in [0, 0.05) is 0 Å². The molecule has 0 unspecified atom stereocenters. The van der Waals surface area contributed by atoms with Gasteiger partial charge in [0.25, 0.3) is 0 Å². The SMILES string of the molecule is COC(=O)N[C@](NS(=O)(=O)c1ccccc1)(C(=O)OC)C(F)(F)F. The van der Waals surface area contributed by atoms with Gasteiger partial charge in [0.2, 0.25) is 10.0 Å². The molecular weight excluding hydrogens is 357 g/mol. The summed E-state index contributed by atoms with van der Waals surface area (Å²) in [6.07, 6.45) is -7.27. The van der Waals surface area contributed by atoms with Crippen LogP contribution < -0.4 is 10.0 Å². The van der Waals surface area contributed by atoms with E-state index in [1.807, 2.05) is 0 Å². The van der Waals surface area contributed by atoms with Gasteiger partial charge in [-0.2, -0.15) is 17.9 Å². The van der Waals surface area contributed by atoms with Crippen LogP contribution >= 0.6 is 0 Å². The molecule has 1 aromatic carbocycles. The summed E-state index contributed by atoms with van der Waals surface area (Å²) in [7, 11) is -3.52. The lowest BCUT2D eigenvalue weighted by atomic mass is 10.2. The third-order valence-electron chi connectivity index (χ3n) is 2.73. The second-order valence-electron chi connectivity index (χ2n) is 4.27. The first-order valence-electron chi connectivity index (χ1n) is 6.10. The number of halogens is 3. The van der Waals surface area contributed by atoms with E-state index in [-0.39, 0.29) is 0 Å². The molecule has 0 heterocycles. The molecule has 8 nitrogen and oxygen atoms in total. The number of amides is 1. The number of hydrogen-bond acceptors (Lipinski definition) is 6. The van der Waals surface area contributed by atoms with Crippen molar-refractivity contribution in [3.8, 4) is 0 Å². The topological polar surface area (TPSA) is 111 Å². The van der Waals surface area contributed by atoms with Crippen molar-refractivity contribution >= 4 is 22.1 Å². The summed E-state index contributed by atoms with van der Waals surface area (Å²) in [5.41, 5.74) is -4.07. The van der Waals surface area contributed by atoms with E-state index in [1.54, 1.807) is 0 Å². The molecule has 24 heavy (non-hydrogen) atoms. The number of carbonyl (C=O) groups is 2. The Balaban J connectivity index is 3.47. The lowest BCUT2D eigenvalue weighted by Gasteiger charge is -2.33. The number of carbonyl (C=O) groups excluding carboxylic acids is 2. The van der Waals surface area contributed by atoms with Crippen molar-refractivity contribution in [2.75, 3.05) is 14.2 Å². The number of alkyl carbamates (subject to hydrolysis) is 1. The van der Waals surface area contributed by atoms with Gasteiger partial charge in [-0.1, -0.05) is 18.2 Å². The highest BCUT2D eigenvalue weighted by molar-refractivity contribution is 7.89. The third kappa shape index (κ3) is 3.94. The van der Waals surface area contributed by atoms with Crippen molar-refractivity contribution in [3.05, 3.63) is 30.3 Å². The summed E-state index contributed by atoms with van der Waals surface area (Å²) >= 11 is 0. The summed E-state index contributed by atoms with van der Waals surface area (Å²) in [6.45, 7) is 0. The van der Waals surface area contributed by atoms with Crippen LogP contribution in [0.3, 0.4) is 0 Å². The zero-order valence-electron chi connectivity index (χ0n) is 12.4. The van der Waals surface area contributed by atoms with Crippen LogP contribution in [-0.4, -0.2) is 46.5 Å². The molecule has 12 heteroatoms. The molecule has 0 bridgehead atoms. The van der Waals surface area contributed by atoms with Crippen LogP contribution in [0.5, 0.6) is 0 Å². The molecule has 1 rings (SSSR count). The predicted molar refractivity (Wildman–Crippen MR) is 73.1 cm³/mol. The maximum absolute atomic E-state index is 13.5. The molecule has 0 fully saturated rings. The Morgan fingerprint density at radius 3 is 2.00 bits per heavy atom. The largest absolute Gasteiger partial charge is 0.466 e. The van der Waals surface area contributed by atoms with Crippen LogP contribution in [0.1, 0.15) is 0 Å². The minimum atomic E-state index is -5.57. The molecule has 1 aromatic rings. The van der Waals surface area contributed by atoms with Crippen molar-refractivity contribution < 1.29 is 40.7 Å². The summed E-state index contributed by atoms with van der Waals surface area (Å²) in [6, 6.07) is 5.95. The van der Waals surface area contributed by atoms with E-state index in [0.717, 1.165) is 29.3 Å². The zero-order valence-corrected chi connectivity index (χ0v) is 13.2. The standard InChI is InChI=1S/C12H13F3N2O6S/c1-22-9(18)11(12(13,14)15,16-10(19)23-2)17-24(20,21)8-6-4-3-5-7-8/h3-7,17H,1-2H3,(H,16,19)/t11-/m0/s1. The summed E-state index contributed by atoms with van der Waals surface area (Å²) < 4.78 is 73.9. The predicted octanol–water partition coefficient (Wildman–Crippen LogP) is 0.752. The maximum Gasteiger partial charge on any atom is 0.437 e. The molecule has 1 atom stereocenters. The highest BCUT2D eigenvalue weighted by Gasteiger charge is 2.65. The van der Waals surface area contributed by atoms with Crippen molar-refractivity contribution in [2.24, 2.45) is 0 Å². The van der Waals surface area contributed by atoms with Crippen LogP contribution in [0, 0.1) is 0 Å². The van der Waals surface area contributed by atoms with E-state index in [4.69, 9.17) is 0 Å². The van der Waals surface area contributed by atoms with Crippen LogP contribution in [-0.2, 0) is 24.3 Å². The minimum Gasteiger partial charge on any atom is -0.466 e. The molecule has 0 saturated carbocycles. The number of esters is 1. The monoisotopic (exact) mass is 370 g/mol. The van der Waals surface area contributed by atoms with Crippen LogP contribution in [0.2, 0.25) is 0 Å². The number of nitrogens with one attached hydrogen (secondary N) is 2. The molecule has 0 spiro atoms. The lowest BCUT2D eigenvalue weighted by Crippen LogP contribution is -2.73. The minimum absolute atomic E-state index is 0.561. The Morgan fingerprint density at radius 1 is 1.04 bits per heavy atom. The fourth-order valence-electron chi connectivity index (χ4n) is 1.58. The second-order valence-corrected chi connectivity index (χ2v) is 5.96. The number of ether oxygens (including phenoxy) is 2. The van der Waals surface area contributed by atoms with Gasteiger partial charge in [0.05, 0.1) is 19.1 Å². The van der Waals surface area contributed by atoms with Gasteiger partial charge in [-0.05, 0) is 12.1 Å². The van der Waals surface area contributed by atoms with E-state index in [9.17, 15) is 31.2 Å². The Bertz CT molecular complexity index is 707. The number of methoxy groups -OCH3 is 2. The number of benzene rings is 1. The Hall–Kier alpha value is -2.34. The molecule has 0 aliphatic heterocycles. The fourth-order valence-corrected chi connectivity index (χ4v) is 2.87. The molecule has 0 aliphatic carbocycles. The summed E-state index contributed by atoms with van der Waals surface area (Å²) in [5.74, 6) is -2.10. The average Bonchev–Trinajstić information content (AvgIpc) is 2.52. The first-order valence-corrected chi connectivity index (χ1v) is 7.59. The number of rotatable bonds is 5. The smallest absolute Gasteiger partial charge is 0.437 e. The Labute approximate surface area is 135 Å². The molecule has 0 radical (unpaired) electrons. The fraction of sp³-hybridized carbons (Fsp3) is 0.333. The van der Waals surface area contributed by atoms with Crippen LogP contribution in [0.4, 0.5) is 18.0 Å². The molecule has 2 N–H and O–H groups in total. The zero-order chi connectivity index (χ0) is 18.6. The average molecular weight is 370 g/mol. The summed E-state index contributed by atoms with van der Waals surface area (Å²) in [5, 5.41) is 1.15. The van der Waals surface area contributed by atoms with Crippen molar-refractivity contribution in [1.82, 2.24) is 10.0 Å². The van der Waals surface area contributed by atoms with Gasteiger partial charge < -0.3 is 9.47 Å². The first kappa shape index (κ1) is 19.7. The van der Waals surface area contributed by atoms with Gasteiger partial charge in [-0.15, -0.1) is 0 Å².